The van der Waals surface area contributed by atoms with Gasteiger partial charge in [0.1, 0.15) is 5.82 Å². The predicted octanol–water partition coefficient (Wildman–Crippen LogP) is 3.37. The van der Waals surface area contributed by atoms with E-state index >= 15 is 0 Å². The van der Waals surface area contributed by atoms with Gasteiger partial charge in [0.2, 0.25) is 11.7 Å². The number of primary amides is 1. The largest absolute Gasteiger partial charge is 0.493 e. The highest BCUT2D eigenvalue weighted by atomic mass is 16.5. The molecule has 2 heterocycles. The molecule has 0 saturated carbocycles. The molecule has 32 heavy (non-hydrogen) atoms. The average Bonchev–Trinajstić information content (AvgIpc) is 3.12. The summed E-state index contributed by atoms with van der Waals surface area (Å²) in [4.78, 5) is 28.5. The maximum absolute atomic E-state index is 12.6. The number of anilines is 1. The molecule has 0 saturated heterocycles. The van der Waals surface area contributed by atoms with Crippen LogP contribution in [0.4, 0.5) is 5.82 Å². The third-order valence-electron chi connectivity index (χ3n) is 5.13. The first-order valence-electron chi connectivity index (χ1n) is 9.69. The molecule has 4 rings (SSSR count). The van der Waals surface area contributed by atoms with E-state index in [1.165, 1.54) is 0 Å². The van der Waals surface area contributed by atoms with Crippen LogP contribution in [0.3, 0.4) is 0 Å². The van der Waals surface area contributed by atoms with Crippen LogP contribution >= 0.6 is 0 Å². The summed E-state index contributed by atoms with van der Waals surface area (Å²) >= 11 is 0. The summed E-state index contributed by atoms with van der Waals surface area (Å²) in [6.07, 6.45) is 3.37. The molecule has 0 spiro atoms. The van der Waals surface area contributed by atoms with Crippen molar-refractivity contribution in [2.45, 2.75) is 0 Å². The molecule has 1 aromatic heterocycles. The second-order valence-corrected chi connectivity index (χ2v) is 7.04. The first kappa shape index (κ1) is 20.9. The Morgan fingerprint density at radius 3 is 2.34 bits per heavy atom. The summed E-state index contributed by atoms with van der Waals surface area (Å²) in [6, 6.07) is 12.3. The standard InChI is InChI=1S/C24H21N3O5/c1-30-19-10-15(11-20(31-2)21(19)32-3)16-9-17-18(24(29)27-23(17)26-12-16)8-13-5-4-6-14(7-13)22(25)28/h4-12H,1-3H3,(H2,25,28)(H,26,27,29). The van der Waals surface area contributed by atoms with Crippen LogP contribution in [0.2, 0.25) is 0 Å². The Bertz CT molecular complexity index is 1240. The average molecular weight is 431 g/mol. The molecule has 0 fully saturated rings. The van der Waals surface area contributed by atoms with Gasteiger partial charge in [-0.2, -0.15) is 0 Å². The monoisotopic (exact) mass is 431 g/mol. The highest BCUT2D eigenvalue weighted by Gasteiger charge is 2.26. The minimum Gasteiger partial charge on any atom is -0.493 e. The number of nitrogens with one attached hydrogen (secondary N) is 1. The molecule has 0 aliphatic carbocycles. The van der Waals surface area contributed by atoms with Crippen molar-refractivity contribution in [2.75, 3.05) is 26.6 Å². The maximum Gasteiger partial charge on any atom is 0.257 e. The second kappa shape index (κ2) is 8.43. The lowest BCUT2D eigenvalue weighted by Crippen LogP contribution is -2.10. The van der Waals surface area contributed by atoms with Crippen molar-refractivity contribution in [3.63, 3.8) is 0 Å². The molecule has 0 unspecified atom stereocenters. The molecule has 2 amide bonds. The van der Waals surface area contributed by atoms with Crippen LogP contribution in [-0.2, 0) is 4.79 Å². The zero-order chi connectivity index (χ0) is 22.8. The Morgan fingerprint density at radius 2 is 1.72 bits per heavy atom. The molecule has 1 aliphatic heterocycles. The number of amides is 2. The Morgan fingerprint density at radius 1 is 1.00 bits per heavy atom. The lowest BCUT2D eigenvalue weighted by Gasteiger charge is -2.14. The minimum atomic E-state index is -0.534. The van der Waals surface area contributed by atoms with Crippen molar-refractivity contribution in [3.8, 4) is 28.4 Å². The van der Waals surface area contributed by atoms with Crippen molar-refractivity contribution in [1.82, 2.24) is 4.98 Å². The van der Waals surface area contributed by atoms with E-state index in [1.54, 1.807) is 57.9 Å². The van der Waals surface area contributed by atoms with E-state index in [0.29, 0.717) is 45.3 Å². The van der Waals surface area contributed by atoms with Crippen LogP contribution in [0, 0.1) is 0 Å². The number of aromatic nitrogens is 1. The number of nitrogens with zero attached hydrogens (tertiary/aromatic N) is 1. The Labute approximate surface area is 184 Å². The molecule has 0 radical (unpaired) electrons. The van der Waals surface area contributed by atoms with Gasteiger partial charge in [-0.15, -0.1) is 0 Å². The molecule has 8 nitrogen and oxygen atoms in total. The fourth-order valence-corrected chi connectivity index (χ4v) is 3.56. The number of methoxy groups -OCH3 is 3. The lowest BCUT2D eigenvalue weighted by atomic mass is 10.00. The Balaban J connectivity index is 1.80. The molecule has 3 N–H and O–H groups in total. The summed E-state index contributed by atoms with van der Waals surface area (Å²) < 4.78 is 16.3. The number of fused-ring (bicyclic) bond motifs is 1. The van der Waals surface area contributed by atoms with E-state index in [-0.39, 0.29) is 5.91 Å². The number of benzene rings is 2. The Kier molecular flexibility index (Phi) is 5.51. The number of carbonyl (C=O) groups is 2. The molecule has 2 aromatic carbocycles. The molecule has 3 aromatic rings. The van der Waals surface area contributed by atoms with E-state index in [2.05, 4.69) is 10.3 Å². The van der Waals surface area contributed by atoms with E-state index in [0.717, 1.165) is 11.1 Å². The van der Waals surface area contributed by atoms with Crippen LogP contribution in [0.15, 0.2) is 48.7 Å². The summed E-state index contributed by atoms with van der Waals surface area (Å²) in [5.41, 5.74) is 9.03. The van der Waals surface area contributed by atoms with Crippen LogP contribution in [0.1, 0.15) is 21.5 Å². The zero-order valence-electron chi connectivity index (χ0n) is 17.8. The van der Waals surface area contributed by atoms with Gasteiger partial charge in [-0.05, 0) is 47.5 Å². The minimum absolute atomic E-state index is 0.279. The maximum atomic E-state index is 12.6. The number of ether oxygens (including phenoxy) is 3. The molecule has 0 bridgehead atoms. The highest BCUT2D eigenvalue weighted by molar-refractivity contribution is 6.34. The van der Waals surface area contributed by atoms with Crippen LogP contribution in [0.5, 0.6) is 17.2 Å². The normalized spacial score (nSPS) is 13.5. The van der Waals surface area contributed by atoms with Crippen molar-refractivity contribution in [2.24, 2.45) is 5.73 Å². The van der Waals surface area contributed by atoms with E-state index in [1.807, 2.05) is 18.2 Å². The van der Waals surface area contributed by atoms with Gasteiger partial charge in [0.05, 0.1) is 26.9 Å². The molecule has 0 atom stereocenters. The highest BCUT2D eigenvalue weighted by Crippen LogP contribution is 2.42. The van der Waals surface area contributed by atoms with Crippen LogP contribution in [-0.4, -0.2) is 38.1 Å². The SMILES string of the molecule is COc1cc(-c2cnc3c(c2)C(=Cc2cccc(C(N)=O)c2)C(=O)N3)cc(OC)c1OC. The van der Waals surface area contributed by atoms with Gasteiger partial charge in [0.15, 0.2) is 11.5 Å². The number of hydrogen-bond donors (Lipinski definition) is 2. The third kappa shape index (κ3) is 3.74. The van der Waals surface area contributed by atoms with Gasteiger partial charge < -0.3 is 25.3 Å². The number of rotatable bonds is 6. The number of carbonyl (C=O) groups excluding carboxylic acids is 2. The van der Waals surface area contributed by atoms with Crippen molar-refractivity contribution in [3.05, 3.63) is 65.4 Å². The zero-order valence-corrected chi connectivity index (χ0v) is 17.8. The van der Waals surface area contributed by atoms with Gasteiger partial charge in [-0.25, -0.2) is 4.98 Å². The smallest absolute Gasteiger partial charge is 0.257 e. The predicted molar refractivity (Wildman–Crippen MR) is 121 cm³/mol. The summed E-state index contributed by atoms with van der Waals surface area (Å²) in [7, 11) is 4.63. The molecule has 1 aliphatic rings. The van der Waals surface area contributed by atoms with Gasteiger partial charge in [0.25, 0.3) is 5.91 Å². The summed E-state index contributed by atoms with van der Waals surface area (Å²) in [5, 5.41) is 2.77. The quantitative estimate of drug-likeness (QED) is 0.579. The van der Waals surface area contributed by atoms with Crippen LogP contribution < -0.4 is 25.3 Å². The number of pyridine rings is 1. The topological polar surface area (TPSA) is 113 Å². The summed E-state index contributed by atoms with van der Waals surface area (Å²) in [6.45, 7) is 0. The number of nitrogens with two attached hydrogens (primary N) is 1. The second-order valence-electron chi connectivity index (χ2n) is 7.04. The van der Waals surface area contributed by atoms with Crippen LogP contribution in [0.25, 0.3) is 22.8 Å². The van der Waals surface area contributed by atoms with Crippen molar-refractivity contribution in [1.29, 1.82) is 0 Å². The van der Waals surface area contributed by atoms with E-state index in [9.17, 15) is 9.59 Å². The van der Waals surface area contributed by atoms with Gasteiger partial charge >= 0.3 is 0 Å². The van der Waals surface area contributed by atoms with Gasteiger partial charge in [-0.3, -0.25) is 9.59 Å². The van der Waals surface area contributed by atoms with Crippen molar-refractivity contribution >= 4 is 29.3 Å². The third-order valence-corrected chi connectivity index (χ3v) is 5.13. The molecular formula is C24H21N3O5. The first-order valence-corrected chi connectivity index (χ1v) is 9.69. The van der Waals surface area contributed by atoms with E-state index in [4.69, 9.17) is 19.9 Å². The summed E-state index contributed by atoms with van der Waals surface area (Å²) in [5.74, 6) is 1.15. The lowest BCUT2D eigenvalue weighted by molar-refractivity contribution is -0.110. The molecule has 8 heteroatoms. The van der Waals surface area contributed by atoms with Gasteiger partial charge in [0, 0.05) is 22.9 Å². The van der Waals surface area contributed by atoms with E-state index < -0.39 is 5.91 Å². The van der Waals surface area contributed by atoms with Gasteiger partial charge in [-0.1, -0.05) is 12.1 Å². The molecular weight excluding hydrogens is 410 g/mol. The fraction of sp³-hybridized carbons (Fsp3) is 0.125. The van der Waals surface area contributed by atoms with Crippen molar-refractivity contribution < 1.29 is 23.8 Å². The molecule has 162 valence electrons. The number of hydrogen-bond acceptors (Lipinski definition) is 6. The Hall–Kier alpha value is -4.33. The first-order chi connectivity index (χ1) is 15.4. The fourth-order valence-electron chi connectivity index (χ4n) is 3.56.